The molecule has 0 aromatic heterocycles. The molecule has 12 heavy (non-hydrogen) atoms. The molecule has 0 aliphatic heterocycles. The van der Waals surface area contributed by atoms with E-state index < -0.39 is 27.6 Å². The second-order valence-electron chi connectivity index (χ2n) is 2.18. The Bertz CT molecular complexity index is 212. The van der Waals surface area contributed by atoms with E-state index in [1.54, 1.807) is 0 Å². The third-order valence-corrected chi connectivity index (χ3v) is 2.16. The predicted octanol–water partition coefficient (Wildman–Crippen LogP) is 1.53. The first-order valence-corrected chi connectivity index (χ1v) is 4.09. The standard InChI is InChI=1S/C6H5Cl3O3/c1-2(4(7)10)3(5(8)11)6(9)12/h2-3H,1H3. The molecule has 0 saturated heterocycles. The first kappa shape index (κ1) is 11.9. The van der Waals surface area contributed by atoms with E-state index in [0.717, 1.165) is 0 Å². The van der Waals surface area contributed by atoms with Crippen LogP contribution in [0.25, 0.3) is 0 Å². The molecule has 0 fully saturated rings. The largest absolute Gasteiger partial charge is 0.281 e. The maximum absolute atomic E-state index is 10.6. The molecular weight excluding hydrogens is 226 g/mol. The van der Waals surface area contributed by atoms with E-state index in [1.165, 1.54) is 6.92 Å². The summed E-state index contributed by atoms with van der Waals surface area (Å²) in [6.07, 6.45) is 0. The van der Waals surface area contributed by atoms with E-state index in [1.807, 2.05) is 0 Å². The highest BCUT2D eigenvalue weighted by molar-refractivity contribution is 6.74. The molecule has 0 aliphatic carbocycles. The minimum Gasteiger partial charge on any atom is -0.281 e. The van der Waals surface area contributed by atoms with Crippen LogP contribution >= 0.6 is 34.8 Å². The lowest BCUT2D eigenvalue weighted by Gasteiger charge is -2.11. The summed E-state index contributed by atoms with van der Waals surface area (Å²) in [5, 5.41) is -2.77. The van der Waals surface area contributed by atoms with E-state index in [2.05, 4.69) is 0 Å². The average Bonchev–Trinajstić information content (AvgIpc) is 1.85. The number of carbonyl (C=O) groups excluding carboxylic acids is 3. The predicted molar refractivity (Wildman–Crippen MR) is 45.2 cm³/mol. The summed E-state index contributed by atoms with van der Waals surface area (Å²) < 4.78 is 0. The van der Waals surface area contributed by atoms with Crippen LogP contribution in [0.2, 0.25) is 0 Å². The molecule has 0 heterocycles. The average molecular weight is 231 g/mol. The second-order valence-corrected chi connectivity index (χ2v) is 3.30. The van der Waals surface area contributed by atoms with Gasteiger partial charge >= 0.3 is 0 Å². The maximum atomic E-state index is 10.6. The second kappa shape index (κ2) is 4.80. The summed E-state index contributed by atoms with van der Waals surface area (Å²) in [6.45, 7) is 1.31. The van der Waals surface area contributed by atoms with Crippen molar-refractivity contribution in [2.45, 2.75) is 6.92 Å². The third kappa shape index (κ3) is 3.09. The smallest absolute Gasteiger partial charge is 0.234 e. The molecule has 1 atom stereocenters. The van der Waals surface area contributed by atoms with Crippen molar-refractivity contribution in [1.82, 2.24) is 0 Å². The van der Waals surface area contributed by atoms with Gasteiger partial charge in [-0.05, 0) is 34.8 Å². The summed E-state index contributed by atoms with van der Waals surface area (Å²) in [5.74, 6) is -2.33. The van der Waals surface area contributed by atoms with Crippen LogP contribution in [-0.2, 0) is 14.4 Å². The molecule has 0 bridgehead atoms. The van der Waals surface area contributed by atoms with Crippen molar-refractivity contribution in [3.8, 4) is 0 Å². The minimum atomic E-state index is -1.35. The number of rotatable bonds is 4. The van der Waals surface area contributed by atoms with Crippen LogP contribution in [0.1, 0.15) is 6.92 Å². The molecule has 0 amide bonds. The van der Waals surface area contributed by atoms with Crippen molar-refractivity contribution in [3.05, 3.63) is 0 Å². The molecule has 0 N–H and O–H groups in total. The van der Waals surface area contributed by atoms with Crippen LogP contribution in [0.5, 0.6) is 0 Å². The molecule has 0 rings (SSSR count). The molecule has 0 aromatic rings. The van der Waals surface area contributed by atoms with E-state index in [0.29, 0.717) is 0 Å². The molecule has 1 unspecified atom stereocenters. The first-order chi connectivity index (χ1) is 5.37. The number of hydrogen-bond donors (Lipinski definition) is 0. The van der Waals surface area contributed by atoms with Crippen LogP contribution < -0.4 is 0 Å². The molecule has 0 aliphatic rings. The zero-order valence-electron chi connectivity index (χ0n) is 6.01. The Morgan fingerprint density at radius 2 is 1.25 bits per heavy atom. The first-order valence-electron chi connectivity index (χ1n) is 2.96. The van der Waals surface area contributed by atoms with Crippen LogP contribution in [0, 0.1) is 11.8 Å². The van der Waals surface area contributed by atoms with Crippen molar-refractivity contribution >= 4 is 50.5 Å². The normalized spacial score (nSPS) is 12.8. The van der Waals surface area contributed by atoms with Gasteiger partial charge < -0.3 is 0 Å². The monoisotopic (exact) mass is 230 g/mol. The lowest BCUT2D eigenvalue weighted by atomic mass is 9.98. The number of halogens is 3. The quantitative estimate of drug-likeness (QED) is 0.545. The van der Waals surface area contributed by atoms with E-state index in [9.17, 15) is 14.4 Å². The summed E-state index contributed by atoms with van der Waals surface area (Å²) >= 11 is 15.1. The van der Waals surface area contributed by atoms with Crippen molar-refractivity contribution in [3.63, 3.8) is 0 Å². The van der Waals surface area contributed by atoms with Gasteiger partial charge in [-0.25, -0.2) is 0 Å². The van der Waals surface area contributed by atoms with E-state index >= 15 is 0 Å². The molecule has 0 saturated carbocycles. The Balaban J connectivity index is 4.63. The van der Waals surface area contributed by atoms with Crippen LogP contribution in [-0.4, -0.2) is 15.7 Å². The summed E-state index contributed by atoms with van der Waals surface area (Å²) in [7, 11) is 0. The van der Waals surface area contributed by atoms with Gasteiger partial charge in [0.1, 0.15) is 5.92 Å². The van der Waals surface area contributed by atoms with Gasteiger partial charge in [-0.2, -0.15) is 0 Å². The van der Waals surface area contributed by atoms with Crippen LogP contribution in [0.3, 0.4) is 0 Å². The molecule has 3 nitrogen and oxygen atoms in total. The Morgan fingerprint density at radius 1 is 0.917 bits per heavy atom. The third-order valence-electron chi connectivity index (χ3n) is 1.35. The van der Waals surface area contributed by atoms with Crippen molar-refractivity contribution in [2.75, 3.05) is 0 Å². The highest BCUT2D eigenvalue weighted by Gasteiger charge is 2.33. The fourth-order valence-corrected chi connectivity index (χ4v) is 1.37. The van der Waals surface area contributed by atoms with Crippen molar-refractivity contribution in [2.24, 2.45) is 11.8 Å². The van der Waals surface area contributed by atoms with Gasteiger partial charge in [-0.3, -0.25) is 14.4 Å². The zero-order chi connectivity index (χ0) is 9.89. The molecule has 0 aromatic carbocycles. The molecular formula is C6H5Cl3O3. The highest BCUT2D eigenvalue weighted by atomic mass is 35.5. The van der Waals surface area contributed by atoms with E-state index in [4.69, 9.17) is 34.8 Å². The lowest BCUT2D eigenvalue weighted by Crippen LogP contribution is -2.27. The topological polar surface area (TPSA) is 51.2 Å². The fourth-order valence-electron chi connectivity index (χ4n) is 0.613. The molecule has 0 spiro atoms. The lowest BCUT2D eigenvalue weighted by molar-refractivity contribution is -0.130. The molecule has 68 valence electrons. The van der Waals surface area contributed by atoms with Crippen LogP contribution in [0.15, 0.2) is 0 Å². The van der Waals surface area contributed by atoms with Gasteiger partial charge in [0.2, 0.25) is 15.7 Å². The number of carbonyl (C=O) groups is 3. The van der Waals surface area contributed by atoms with Gasteiger partial charge in [-0.1, -0.05) is 6.92 Å². The van der Waals surface area contributed by atoms with Gasteiger partial charge in [0.25, 0.3) is 0 Å². The number of hydrogen-bond acceptors (Lipinski definition) is 3. The minimum absolute atomic E-state index is 0.817. The zero-order valence-corrected chi connectivity index (χ0v) is 8.28. The van der Waals surface area contributed by atoms with Crippen molar-refractivity contribution < 1.29 is 14.4 Å². The molecule has 6 heteroatoms. The highest BCUT2D eigenvalue weighted by Crippen LogP contribution is 2.20. The summed E-state index contributed by atoms with van der Waals surface area (Å²) in [6, 6.07) is 0. The van der Waals surface area contributed by atoms with Gasteiger partial charge in [0.05, 0.1) is 0 Å². The van der Waals surface area contributed by atoms with Crippen LogP contribution in [0.4, 0.5) is 0 Å². The summed E-state index contributed by atoms with van der Waals surface area (Å²) in [4.78, 5) is 31.7. The Morgan fingerprint density at radius 3 is 1.33 bits per heavy atom. The van der Waals surface area contributed by atoms with Gasteiger partial charge in [-0.15, -0.1) is 0 Å². The summed E-state index contributed by atoms with van der Waals surface area (Å²) in [5.41, 5.74) is 0. The Kier molecular flexibility index (Phi) is 4.75. The van der Waals surface area contributed by atoms with Gasteiger partial charge in [0, 0.05) is 5.92 Å². The fraction of sp³-hybridized carbons (Fsp3) is 0.500. The maximum Gasteiger partial charge on any atom is 0.234 e. The molecule has 0 radical (unpaired) electrons. The van der Waals surface area contributed by atoms with Crippen molar-refractivity contribution in [1.29, 1.82) is 0 Å². The Labute approximate surface area is 84.0 Å². The Hall–Kier alpha value is -0.120. The van der Waals surface area contributed by atoms with E-state index in [-0.39, 0.29) is 0 Å². The SMILES string of the molecule is CC(C(=O)Cl)C(C(=O)Cl)C(=O)Cl. The van der Waals surface area contributed by atoms with Gasteiger partial charge in [0.15, 0.2) is 0 Å².